The van der Waals surface area contributed by atoms with Crippen molar-refractivity contribution in [3.05, 3.63) is 71.2 Å². The molecule has 0 bridgehead atoms. The van der Waals surface area contributed by atoms with E-state index in [1.54, 1.807) is 0 Å². The van der Waals surface area contributed by atoms with Gasteiger partial charge in [0.25, 0.3) is 0 Å². The van der Waals surface area contributed by atoms with Gasteiger partial charge < -0.3 is 21.0 Å². The summed E-state index contributed by atoms with van der Waals surface area (Å²) in [5.41, 5.74) is 12.1. The van der Waals surface area contributed by atoms with Gasteiger partial charge in [-0.2, -0.15) is 0 Å². The van der Waals surface area contributed by atoms with Gasteiger partial charge in [-0.3, -0.25) is 4.79 Å². The molecule has 1 amide bonds. The molecule has 1 aliphatic rings. The first-order valence-corrected chi connectivity index (χ1v) is 9.94. The number of nitrogens with two attached hydrogens (primary N) is 1. The highest BCUT2D eigenvalue weighted by Gasteiger charge is 2.20. The molecule has 1 atom stereocenters. The summed E-state index contributed by atoms with van der Waals surface area (Å²) >= 11 is 0. The number of aromatic amines is 2. The van der Waals surface area contributed by atoms with Crippen LogP contribution in [0.5, 0.6) is 0 Å². The number of carbonyl (C=O) groups is 1. The normalized spacial score (nSPS) is 14.6. The number of hydrogen-bond acceptors (Lipinski definition) is 3. The molecule has 0 saturated heterocycles. The topological polar surface area (TPSA) is 99.6 Å². The Morgan fingerprint density at radius 1 is 1.17 bits per heavy atom. The van der Waals surface area contributed by atoms with Gasteiger partial charge in [0.15, 0.2) is 0 Å². The van der Waals surface area contributed by atoms with Crippen LogP contribution >= 0.6 is 0 Å². The fourth-order valence-electron chi connectivity index (χ4n) is 4.22. The number of nitrogens with zero attached hydrogens (tertiary/aromatic N) is 1. The Morgan fingerprint density at radius 2 is 2.07 bits per heavy atom. The lowest BCUT2D eigenvalue weighted by atomic mass is 10.0. The van der Waals surface area contributed by atoms with Crippen LogP contribution < -0.4 is 11.1 Å². The zero-order chi connectivity index (χ0) is 19.8. The smallest absolute Gasteiger partial charge is 0.247 e. The molecule has 0 aliphatic heterocycles. The fraction of sp³-hybridized carbons (Fsp3) is 0.217. The average Bonchev–Trinajstić information content (AvgIpc) is 3.29. The summed E-state index contributed by atoms with van der Waals surface area (Å²) in [6.45, 7) is 0.386. The molecular weight excluding hydrogens is 362 g/mol. The van der Waals surface area contributed by atoms with E-state index in [9.17, 15) is 4.79 Å². The van der Waals surface area contributed by atoms with Crippen molar-refractivity contribution in [3.8, 4) is 0 Å². The number of para-hydroxylation sites is 1. The summed E-state index contributed by atoms with van der Waals surface area (Å²) in [5, 5.41) is 5.43. The number of hydrogen-bond donors (Lipinski definition) is 4. The van der Waals surface area contributed by atoms with E-state index in [4.69, 9.17) is 5.73 Å². The molecule has 1 aliphatic carbocycles. The highest BCUT2D eigenvalue weighted by Crippen LogP contribution is 2.29. The van der Waals surface area contributed by atoms with Gasteiger partial charge in [-0.15, -0.1) is 0 Å². The molecule has 0 unspecified atom stereocenters. The van der Waals surface area contributed by atoms with Gasteiger partial charge in [-0.1, -0.05) is 18.2 Å². The molecule has 1 aromatic carbocycles. The van der Waals surface area contributed by atoms with E-state index in [1.165, 1.54) is 10.9 Å². The zero-order valence-corrected chi connectivity index (χ0v) is 16.0. The van der Waals surface area contributed by atoms with E-state index in [0.717, 1.165) is 39.7 Å². The molecule has 29 heavy (non-hydrogen) atoms. The van der Waals surface area contributed by atoms with Gasteiger partial charge in [0.2, 0.25) is 5.91 Å². The highest BCUT2D eigenvalue weighted by atomic mass is 16.1. The minimum Gasteiger partial charge on any atom is -0.361 e. The predicted molar refractivity (Wildman–Crippen MR) is 115 cm³/mol. The number of pyridine rings is 1. The monoisotopic (exact) mass is 385 g/mol. The van der Waals surface area contributed by atoms with Crippen molar-refractivity contribution in [2.24, 2.45) is 5.73 Å². The van der Waals surface area contributed by atoms with Crippen molar-refractivity contribution in [1.82, 2.24) is 20.3 Å². The van der Waals surface area contributed by atoms with Crippen LogP contribution in [0.3, 0.4) is 0 Å². The van der Waals surface area contributed by atoms with Crippen LogP contribution in [-0.2, 0) is 17.6 Å². The van der Waals surface area contributed by atoms with E-state index in [1.807, 2.05) is 42.9 Å². The number of amides is 1. The summed E-state index contributed by atoms with van der Waals surface area (Å²) in [7, 11) is 0. The highest BCUT2D eigenvalue weighted by molar-refractivity contribution is 6.02. The third kappa shape index (κ3) is 3.21. The maximum absolute atomic E-state index is 13.0. The first kappa shape index (κ1) is 17.7. The SMILES string of the molecule is NC[C@H](Cc1c[nH]c2ccccc12)NC(=O)C1=Cc2c[nH]c3nccc(c23)CC1. The van der Waals surface area contributed by atoms with Crippen molar-refractivity contribution in [2.75, 3.05) is 6.54 Å². The molecule has 6 heteroatoms. The van der Waals surface area contributed by atoms with Gasteiger partial charge in [0.05, 0.1) is 0 Å². The van der Waals surface area contributed by atoms with E-state index in [2.05, 4.69) is 32.4 Å². The summed E-state index contributed by atoms with van der Waals surface area (Å²) in [5.74, 6) is -0.0459. The number of fused-ring (bicyclic) bond motifs is 1. The van der Waals surface area contributed by atoms with Crippen molar-refractivity contribution in [3.63, 3.8) is 0 Å². The van der Waals surface area contributed by atoms with Crippen molar-refractivity contribution in [1.29, 1.82) is 0 Å². The Morgan fingerprint density at radius 3 is 2.97 bits per heavy atom. The van der Waals surface area contributed by atoms with E-state index in [0.29, 0.717) is 19.4 Å². The van der Waals surface area contributed by atoms with Gasteiger partial charge in [0, 0.05) is 58.6 Å². The molecule has 5 rings (SSSR count). The van der Waals surface area contributed by atoms with Gasteiger partial charge >= 0.3 is 0 Å². The molecular formula is C23H23N5O. The molecule has 0 fully saturated rings. The maximum Gasteiger partial charge on any atom is 0.247 e. The summed E-state index contributed by atoms with van der Waals surface area (Å²) < 4.78 is 0. The summed E-state index contributed by atoms with van der Waals surface area (Å²) in [6.07, 6.45) is 9.93. The maximum atomic E-state index is 13.0. The quantitative estimate of drug-likeness (QED) is 0.425. The molecule has 3 aromatic heterocycles. The van der Waals surface area contributed by atoms with Crippen molar-refractivity contribution in [2.45, 2.75) is 25.3 Å². The molecule has 5 N–H and O–H groups in total. The first-order valence-electron chi connectivity index (χ1n) is 9.94. The average molecular weight is 385 g/mol. The third-order valence-corrected chi connectivity index (χ3v) is 5.74. The van der Waals surface area contributed by atoms with Gasteiger partial charge in [-0.25, -0.2) is 4.98 Å². The Hall–Kier alpha value is -3.38. The number of rotatable bonds is 5. The molecule has 0 radical (unpaired) electrons. The predicted octanol–water partition coefficient (Wildman–Crippen LogP) is 3.06. The van der Waals surface area contributed by atoms with E-state index in [-0.39, 0.29) is 11.9 Å². The lowest BCUT2D eigenvalue weighted by molar-refractivity contribution is -0.118. The lowest BCUT2D eigenvalue weighted by Crippen LogP contribution is -2.42. The molecule has 4 aromatic rings. The number of aryl methyl sites for hydroxylation is 1. The molecule has 146 valence electrons. The molecule has 3 heterocycles. The van der Waals surface area contributed by atoms with Crippen LogP contribution in [0.15, 0.2) is 54.5 Å². The van der Waals surface area contributed by atoms with E-state index >= 15 is 0 Å². The number of H-pyrrole nitrogens is 2. The number of benzene rings is 1. The van der Waals surface area contributed by atoms with Crippen LogP contribution in [-0.4, -0.2) is 33.4 Å². The lowest BCUT2D eigenvalue weighted by Gasteiger charge is -2.18. The fourth-order valence-corrected chi connectivity index (χ4v) is 4.22. The first-order chi connectivity index (χ1) is 14.2. The third-order valence-electron chi connectivity index (χ3n) is 5.74. The van der Waals surface area contributed by atoms with Crippen molar-refractivity contribution < 1.29 is 4.79 Å². The number of carbonyl (C=O) groups excluding carboxylic acids is 1. The Labute approximate surface area is 168 Å². The van der Waals surface area contributed by atoms with E-state index < -0.39 is 0 Å². The van der Waals surface area contributed by atoms with Crippen molar-refractivity contribution >= 4 is 33.9 Å². The Kier molecular flexibility index (Phi) is 4.41. The second-order valence-corrected chi connectivity index (χ2v) is 7.58. The largest absolute Gasteiger partial charge is 0.361 e. The van der Waals surface area contributed by atoms with Gasteiger partial charge in [-0.05, 0) is 48.6 Å². The standard InChI is InChI=1S/C23H23N5O/c24-11-18(10-16-12-26-20-4-2-1-3-19(16)20)28-23(29)15-6-5-14-7-8-25-22-21(14)17(9-15)13-27-22/h1-4,7-9,12-13,18,26H,5-6,10-11,24H2,(H,25,27)(H,28,29)/t18-/m0/s1. The van der Waals surface area contributed by atoms with Crippen LogP contribution in [0.25, 0.3) is 28.0 Å². The summed E-state index contributed by atoms with van der Waals surface area (Å²) in [4.78, 5) is 23.9. The van der Waals surface area contributed by atoms with Crippen LogP contribution in [0.1, 0.15) is 23.1 Å². The second-order valence-electron chi connectivity index (χ2n) is 7.58. The second kappa shape index (κ2) is 7.22. The number of nitrogens with one attached hydrogen (secondary N) is 3. The van der Waals surface area contributed by atoms with Gasteiger partial charge in [0.1, 0.15) is 5.65 Å². The van der Waals surface area contributed by atoms with Crippen LogP contribution in [0.2, 0.25) is 0 Å². The molecule has 0 spiro atoms. The minimum absolute atomic E-state index is 0.0459. The van der Waals surface area contributed by atoms with Crippen LogP contribution in [0, 0.1) is 0 Å². The summed E-state index contributed by atoms with van der Waals surface area (Å²) in [6, 6.07) is 10.1. The molecule has 6 nitrogen and oxygen atoms in total. The Balaban J connectivity index is 1.36. The Bertz CT molecular complexity index is 1230. The minimum atomic E-state index is -0.124. The zero-order valence-electron chi connectivity index (χ0n) is 16.0. The van der Waals surface area contributed by atoms with Crippen LogP contribution in [0.4, 0.5) is 0 Å². The molecule has 0 saturated carbocycles. The number of aromatic nitrogens is 3.